The molecule has 4 heterocycles. The molecule has 1 spiro atoms. The molecular weight excluding hydrogens is 310 g/mol. The Bertz CT molecular complexity index is 683. The van der Waals surface area contributed by atoms with Crippen molar-refractivity contribution >= 4 is 5.91 Å². The van der Waals surface area contributed by atoms with Crippen LogP contribution in [-0.2, 0) is 16.1 Å². The van der Waals surface area contributed by atoms with Gasteiger partial charge in [0.15, 0.2) is 12.1 Å². The van der Waals surface area contributed by atoms with Crippen molar-refractivity contribution in [2.75, 3.05) is 26.3 Å². The fourth-order valence-electron chi connectivity index (χ4n) is 3.38. The lowest BCUT2D eigenvalue weighted by Gasteiger charge is -2.49. The largest absolute Gasteiger partial charge is 0.451 e. The molecular formula is C17H19N3O4. The van der Waals surface area contributed by atoms with E-state index in [0.717, 1.165) is 12.1 Å². The molecule has 0 unspecified atom stereocenters. The third kappa shape index (κ3) is 2.81. The Morgan fingerprint density at radius 1 is 1.38 bits per heavy atom. The van der Waals surface area contributed by atoms with E-state index in [0.29, 0.717) is 44.5 Å². The summed E-state index contributed by atoms with van der Waals surface area (Å²) < 4.78 is 16.7. The molecule has 2 saturated heterocycles. The highest BCUT2D eigenvalue weighted by molar-refractivity contribution is 5.92. The van der Waals surface area contributed by atoms with E-state index in [1.54, 1.807) is 11.1 Å². The molecule has 4 rings (SSSR count). The second-order valence-electron chi connectivity index (χ2n) is 6.27. The van der Waals surface area contributed by atoms with E-state index in [-0.39, 0.29) is 11.5 Å². The Labute approximate surface area is 139 Å². The molecule has 1 atom stereocenters. The quantitative estimate of drug-likeness (QED) is 0.827. The van der Waals surface area contributed by atoms with Gasteiger partial charge in [-0.15, -0.1) is 0 Å². The number of nitrogens with zero attached hydrogens (tertiary/aromatic N) is 3. The lowest BCUT2D eigenvalue weighted by atomic mass is 9.81. The number of hydrogen-bond acceptors (Lipinski definition) is 6. The van der Waals surface area contributed by atoms with Crippen molar-refractivity contribution in [2.24, 2.45) is 5.92 Å². The Kier molecular flexibility index (Phi) is 4.03. The van der Waals surface area contributed by atoms with Crippen molar-refractivity contribution in [1.29, 1.82) is 0 Å². The smallest absolute Gasteiger partial charge is 0.276 e. The van der Waals surface area contributed by atoms with Crippen LogP contribution in [0.4, 0.5) is 0 Å². The molecule has 24 heavy (non-hydrogen) atoms. The molecule has 0 aliphatic carbocycles. The first-order valence-corrected chi connectivity index (χ1v) is 8.06. The van der Waals surface area contributed by atoms with Gasteiger partial charge in [-0.05, 0) is 18.6 Å². The Morgan fingerprint density at radius 3 is 3.04 bits per heavy atom. The van der Waals surface area contributed by atoms with Crippen LogP contribution in [-0.4, -0.2) is 52.7 Å². The van der Waals surface area contributed by atoms with E-state index in [9.17, 15) is 4.79 Å². The number of rotatable bonds is 5. The SMILES string of the molecule is O=C(c1cocn1)N1CC2(C1)OCC[C@H]2COCc1ccccn1. The van der Waals surface area contributed by atoms with Crippen molar-refractivity contribution in [2.45, 2.75) is 18.6 Å². The second kappa shape index (κ2) is 6.33. The Hall–Kier alpha value is -2.25. The molecule has 126 valence electrons. The monoisotopic (exact) mass is 329 g/mol. The number of pyridine rings is 1. The summed E-state index contributed by atoms with van der Waals surface area (Å²) in [6.45, 7) is 2.98. The number of amides is 1. The van der Waals surface area contributed by atoms with Crippen LogP contribution in [0.1, 0.15) is 22.6 Å². The fraction of sp³-hybridized carbons (Fsp3) is 0.471. The van der Waals surface area contributed by atoms with Gasteiger partial charge in [0.2, 0.25) is 0 Å². The van der Waals surface area contributed by atoms with Gasteiger partial charge in [0.25, 0.3) is 5.91 Å². The Balaban J connectivity index is 1.30. The highest BCUT2D eigenvalue weighted by Gasteiger charge is 2.54. The summed E-state index contributed by atoms with van der Waals surface area (Å²) in [5.74, 6) is 0.181. The number of aromatic nitrogens is 2. The first kappa shape index (κ1) is 15.3. The van der Waals surface area contributed by atoms with Crippen molar-refractivity contribution in [1.82, 2.24) is 14.9 Å². The number of ether oxygens (including phenoxy) is 2. The van der Waals surface area contributed by atoms with Crippen LogP contribution < -0.4 is 0 Å². The van der Waals surface area contributed by atoms with E-state index < -0.39 is 0 Å². The topological polar surface area (TPSA) is 77.7 Å². The molecule has 0 radical (unpaired) electrons. The molecule has 7 heteroatoms. The Morgan fingerprint density at radius 2 is 2.29 bits per heavy atom. The first-order valence-electron chi connectivity index (χ1n) is 8.06. The number of hydrogen-bond donors (Lipinski definition) is 0. The number of oxazole rings is 1. The van der Waals surface area contributed by atoms with Crippen LogP contribution in [0.3, 0.4) is 0 Å². The van der Waals surface area contributed by atoms with Gasteiger partial charge < -0.3 is 18.8 Å². The highest BCUT2D eigenvalue weighted by atomic mass is 16.5. The predicted molar refractivity (Wildman–Crippen MR) is 83.1 cm³/mol. The minimum Gasteiger partial charge on any atom is -0.451 e. The predicted octanol–water partition coefficient (Wildman–Crippen LogP) is 1.52. The summed E-state index contributed by atoms with van der Waals surface area (Å²) in [6.07, 6.45) is 5.35. The third-order valence-electron chi connectivity index (χ3n) is 4.75. The van der Waals surface area contributed by atoms with Gasteiger partial charge in [-0.3, -0.25) is 9.78 Å². The van der Waals surface area contributed by atoms with E-state index in [1.165, 1.54) is 12.7 Å². The minimum absolute atomic E-state index is 0.113. The van der Waals surface area contributed by atoms with E-state index >= 15 is 0 Å². The minimum atomic E-state index is -0.274. The molecule has 2 fully saturated rings. The maximum absolute atomic E-state index is 12.2. The van der Waals surface area contributed by atoms with Crippen LogP contribution in [0.5, 0.6) is 0 Å². The molecule has 2 aliphatic heterocycles. The summed E-state index contributed by atoms with van der Waals surface area (Å²) in [5, 5.41) is 0. The summed E-state index contributed by atoms with van der Waals surface area (Å²) in [7, 11) is 0. The van der Waals surface area contributed by atoms with Crippen molar-refractivity contribution < 1.29 is 18.7 Å². The average molecular weight is 329 g/mol. The number of carbonyl (C=O) groups excluding carboxylic acids is 1. The van der Waals surface area contributed by atoms with E-state index in [1.807, 2.05) is 18.2 Å². The molecule has 2 aliphatic rings. The lowest BCUT2D eigenvalue weighted by molar-refractivity contribution is -0.129. The zero-order valence-electron chi connectivity index (χ0n) is 13.3. The van der Waals surface area contributed by atoms with Gasteiger partial charge >= 0.3 is 0 Å². The third-order valence-corrected chi connectivity index (χ3v) is 4.75. The van der Waals surface area contributed by atoms with Crippen LogP contribution in [0.25, 0.3) is 0 Å². The molecule has 2 aromatic rings. The molecule has 0 bridgehead atoms. The number of likely N-dealkylation sites (tertiary alicyclic amines) is 1. The molecule has 0 aromatic carbocycles. The van der Waals surface area contributed by atoms with Crippen LogP contribution in [0.15, 0.2) is 41.5 Å². The van der Waals surface area contributed by atoms with Crippen molar-refractivity contribution in [3.63, 3.8) is 0 Å². The second-order valence-corrected chi connectivity index (χ2v) is 6.27. The summed E-state index contributed by atoms with van der Waals surface area (Å²) in [6, 6.07) is 5.78. The standard InChI is InChI=1S/C17H19N3O4/c21-16(15-9-23-12-19-15)20-10-17(11-20)13(4-6-24-17)7-22-8-14-3-1-2-5-18-14/h1-3,5,9,12-13H,4,6-8,10-11H2/t13-/m0/s1. The van der Waals surface area contributed by atoms with Crippen LogP contribution in [0, 0.1) is 5.92 Å². The van der Waals surface area contributed by atoms with Gasteiger partial charge in [0, 0.05) is 18.7 Å². The van der Waals surface area contributed by atoms with Crippen molar-refractivity contribution in [3.8, 4) is 0 Å². The van der Waals surface area contributed by atoms with Crippen molar-refractivity contribution in [3.05, 3.63) is 48.4 Å². The highest BCUT2D eigenvalue weighted by Crippen LogP contribution is 2.40. The zero-order valence-corrected chi connectivity index (χ0v) is 13.3. The summed E-state index contributed by atoms with van der Waals surface area (Å²) >= 11 is 0. The van der Waals surface area contributed by atoms with Gasteiger partial charge in [0.1, 0.15) is 11.9 Å². The lowest BCUT2D eigenvalue weighted by Crippen LogP contribution is -2.66. The maximum Gasteiger partial charge on any atom is 0.276 e. The summed E-state index contributed by atoms with van der Waals surface area (Å²) in [5.41, 5.74) is 0.983. The average Bonchev–Trinajstić information content (AvgIpc) is 3.24. The zero-order chi connectivity index (χ0) is 16.4. The molecule has 0 saturated carbocycles. The first-order chi connectivity index (χ1) is 11.8. The van der Waals surface area contributed by atoms with Gasteiger partial charge in [-0.25, -0.2) is 4.98 Å². The maximum atomic E-state index is 12.2. The fourth-order valence-corrected chi connectivity index (χ4v) is 3.38. The molecule has 1 amide bonds. The number of carbonyl (C=O) groups is 1. The normalized spacial score (nSPS) is 21.8. The van der Waals surface area contributed by atoms with Gasteiger partial charge in [-0.2, -0.15) is 0 Å². The van der Waals surface area contributed by atoms with E-state index in [4.69, 9.17) is 13.9 Å². The molecule has 2 aromatic heterocycles. The van der Waals surface area contributed by atoms with Crippen LogP contribution in [0.2, 0.25) is 0 Å². The molecule has 0 N–H and O–H groups in total. The van der Waals surface area contributed by atoms with E-state index in [2.05, 4.69) is 9.97 Å². The van der Waals surface area contributed by atoms with Gasteiger partial charge in [0.05, 0.1) is 32.0 Å². The molecule has 7 nitrogen and oxygen atoms in total. The van der Waals surface area contributed by atoms with Gasteiger partial charge in [-0.1, -0.05) is 6.07 Å². The van der Waals surface area contributed by atoms with Crippen LogP contribution >= 0.6 is 0 Å². The summed E-state index contributed by atoms with van der Waals surface area (Å²) in [4.78, 5) is 22.1.